The number of amides is 2. The quantitative estimate of drug-likeness (QED) is 0.0247. The van der Waals surface area contributed by atoms with Crippen molar-refractivity contribution in [1.29, 1.82) is 0 Å². The van der Waals surface area contributed by atoms with Gasteiger partial charge >= 0.3 is 0 Å². The molecule has 0 aliphatic carbocycles. The zero-order valence-corrected chi connectivity index (χ0v) is 114. The molecule has 16 radical (unpaired) electrons. The van der Waals surface area contributed by atoms with Crippen LogP contribution in [-0.2, 0) is 262 Å². The van der Waals surface area contributed by atoms with E-state index >= 15 is 0 Å². The maximum atomic E-state index is 14.0. The fourth-order valence-corrected chi connectivity index (χ4v) is 15.3. The van der Waals surface area contributed by atoms with Crippen LogP contribution < -0.4 is 10.6 Å². The van der Waals surface area contributed by atoms with Crippen molar-refractivity contribution in [3.05, 3.63) is 0 Å². The second-order valence-corrected chi connectivity index (χ2v) is 36.0. The zero-order valence-electron chi connectivity index (χ0n) is 68.5. The minimum absolute atomic E-state index is 0. The fraction of sp³-hybridized carbons (Fsp3) is 0.926. The molecule has 2 aliphatic heterocycles. The number of hydrogen-bond donors (Lipinski definition) is 2. The Morgan fingerprint density at radius 1 is 0.244 bits per heavy atom. The molecule has 2 rings (SSSR count). The van der Waals surface area contributed by atoms with Gasteiger partial charge in [0.15, 0.2) is 37.0 Å². The largest absolute Gasteiger partial charge is 0.726 e. The standard InChI is InChI=1S/C27H50N2O70S16.16Na/c30-24(20(96-112(68,69)70)16(92-108(56,57)58)12(10(88-104(44,45)46)6-82-102(38,39)40)86-26-22(98-114(74,75)76)18(94-110(62,63)64)14(90-106(50,51)52)8(84-26)4-80-100(32,33)34)28-2-1-3-29-25(31)21(97-113(71,72)73)17(93-109(59,60)61)13(11(89-105(47,48)49)7-83-103(41,42)43)87-27-23(99-115(77,78)79)19(95-111(65,66)67)15(91-107(53,54)55)9(85-27)5-81-101(35,36)37;;;;;;;;;;;;;;;;/h8-23,26-27H,1-7H2,(H,28,30)(H,29,31)(H,32,33,34)(H,35,36,37)(H,38,39,40)(H,41,42,43)(H,44,45,46)(H,47,48,49)(H,50,51,52)(H,53,54,55)(H,56,57,58)(H,59,60,61)(H,62,63,64)(H,65,66,67)(H,68,69,70)(H,71,72,73)(H,74,75,76)(H,77,78,79);;;;;;;;;;;;;;;;/p-16/t8-,9-,10-,11-,12-,13-,14+,15+,16+,17+,18+,19+,20-,21-,22-,23-,26+,27+;;;;;;;;;;;;;;;;/m1................/s1. The Kier molecular flexibility index (Phi) is 98.9. The van der Waals surface area contributed by atoms with Crippen LogP contribution in [0.4, 0.5) is 0 Å². The predicted octanol–water partition coefficient (Wildman–Crippen LogP) is -26.2. The summed E-state index contributed by atoms with van der Waals surface area (Å²) in [5.41, 5.74) is 0. The Hall–Kier alpha value is 12.7. The van der Waals surface area contributed by atoms with Crippen molar-refractivity contribution in [1.82, 2.24) is 10.6 Å². The first-order valence-corrected chi connectivity index (χ1v) is 47.4. The molecular weight excluding hydrogens is 2350 g/mol. The molecule has 2 amide bonds. The van der Waals surface area contributed by atoms with Crippen LogP contribution in [0.3, 0.4) is 0 Å². The number of carbonyl (C=O) groups is 2. The summed E-state index contributed by atoms with van der Waals surface area (Å²) in [6, 6.07) is 0. The van der Waals surface area contributed by atoms with Gasteiger partial charge in [0.25, 0.3) is 11.8 Å². The van der Waals surface area contributed by atoms with Crippen LogP contribution >= 0.6 is 0 Å². The Balaban J connectivity index is -0.000000647. The predicted molar refractivity (Wildman–Crippen MR) is 387 cm³/mol. The van der Waals surface area contributed by atoms with E-state index in [9.17, 15) is 217 Å². The van der Waals surface area contributed by atoms with Crippen LogP contribution in [0, 0.1) is 0 Å². The summed E-state index contributed by atoms with van der Waals surface area (Å²) >= 11 is 0. The van der Waals surface area contributed by atoms with E-state index in [0.29, 0.717) is 0 Å². The van der Waals surface area contributed by atoms with Gasteiger partial charge in [-0.15, -0.1) is 0 Å². The SMILES string of the molecule is O=C(NCCCNC(=O)[C@H](OS(=O)(=O)[O-])[C@@H](OS(=O)(=O)[O-])[C@H](O[C@@H]1O[C@H](COS(=O)(=O)[O-])[C@H](OS(=O)(=O)[O-])[C@H](OS(=O)(=O)[O-])[C@H]1OS(=O)(=O)[O-])[C@@H](COS(=O)(=O)[O-])OS(=O)(=O)[O-])[C@H](OS(=O)(=O)[O-])[C@@H](OS(=O)(=O)[O-])[C@H](O[C@@H]1O[C@H](COS(=O)(=O)[O-])[C@H](OS(=O)(=O)[O-])[C@H](OS(=O)(=O)[O-])[C@H]1OS(=O)(=O)[O-])[C@@H](COS(=O)(=O)[O-])OS(=O)(=O)[O-].[Na].[Na].[Na].[Na].[Na].[Na].[Na].[Na].[Na].[Na].[Na].[Na].[Na].[Na].[Na].[Na]. The van der Waals surface area contributed by atoms with E-state index in [4.69, 9.17) is 18.9 Å². The van der Waals surface area contributed by atoms with Crippen LogP contribution in [0.15, 0.2) is 0 Å². The molecule has 18 atom stereocenters. The van der Waals surface area contributed by atoms with Crippen molar-refractivity contribution < 1.29 is 303 Å². The third-order valence-electron chi connectivity index (χ3n) is 11.5. The average Bonchev–Trinajstić information content (AvgIpc) is 0.765. The van der Waals surface area contributed by atoms with Gasteiger partial charge in [-0.05, 0) is 6.42 Å². The Morgan fingerprint density at radius 3 is 0.634 bits per heavy atom. The van der Waals surface area contributed by atoms with Crippen molar-refractivity contribution in [3.63, 3.8) is 0 Å². The van der Waals surface area contributed by atoms with Crippen LogP contribution in [0.2, 0.25) is 0 Å². The van der Waals surface area contributed by atoms with Gasteiger partial charge in [0.05, 0.1) is 26.4 Å². The molecule has 0 unspecified atom stereocenters. The Bertz CT molecular complexity index is 5100. The summed E-state index contributed by atoms with van der Waals surface area (Å²) in [6.07, 6.45) is -76.6. The zero-order chi connectivity index (χ0) is 90.1. The van der Waals surface area contributed by atoms with E-state index in [1.165, 1.54) is 0 Å². The molecule has 0 aromatic heterocycles. The van der Waals surface area contributed by atoms with Crippen molar-refractivity contribution in [2.24, 2.45) is 0 Å². The van der Waals surface area contributed by atoms with Gasteiger partial charge < -0.3 is 102 Å². The Morgan fingerprint density at radius 2 is 0.443 bits per heavy atom. The number of carbonyl (C=O) groups excluding carboxylic acids is 2. The molecule has 0 bridgehead atoms. The minimum atomic E-state index is -7.32. The smallest absolute Gasteiger partial charge is 0.253 e. The summed E-state index contributed by atoms with van der Waals surface area (Å²) in [5, 5.41) is 2.29. The Labute approximate surface area is 1100 Å². The molecule has 700 valence electrons. The topological polar surface area (TPSA) is 1160 Å². The van der Waals surface area contributed by atoms with Crippen LogP contribution in [0.1, 0.15) is 6.42 Å². The summed E-state index contributed by atoms with van der Waals surface area (Å²) in [5.74, 6) is -5.90. The molecule has 72 nitrogen and oxygen atoms in total. The molecule has 2 heterocycles. The number of ether oxygens (including phenoxy) is 4. The van der Waals surface area contributed by atoms with Crippen LogP contribution in [0.5, 0.6) is 0 Å². The maximum Gasteiger partial charge on any atom is 0.253 e. The maximum absolute atomic E-state index is 14.0. The average molecular weight is 2390 g/mol. The monoisotopic (exact) mass is 2390 g/mol. The summed E-state index contributed by atoms with van der Waals surface area (Å²) < 4.78 is 655. The molecule has 0 aromatic carbocycles. The van der Waals surface area contributed by atoms with Gasteiger partial charge in [-0.1, -0.05) is 0 Å². The van der Waals surface area contributed by atoms with E-state index in [2.05, 4.69) is 66.9 Å². The second kappa shape index (κ2) is 73.3. The third kappa shape index (κ3) is 82.8. The van der Waals surface area contributed by atoms with E-state index < -0.39 is 334 Å². The van der Waals surface area contributed by atoms with Crippen molar-refractivity contribution >= 4 is 651 Å². The molecule has 104 heteroatoms. The van der Waals surface area contributed by atoms with Crippen molar-refractivity contribution in [2.45, 2.75) is 117 Å². The molecule has 131 heavy (non-hydrogen) atoms. The van der Waals surface area contributed by atoms with E-state index in [-0.39, 0.29) is 473 Å². The van der Waals surface area contributed by atoms with Gasteiger partial charge in [0, 0.05) is 486 Å². The fourth-order valence-electron chi connectivity index (χ4n) is 8.33. The molecular formula is C27H34N2Na16O70S16-16. The second-order valence-electron chi connectivity index (χ2n) is 19.7. The number of hydrogen-bond acceptors (Lipinski definition) is 70. The van der Waals surface area contributed by atoms with E-state index in [1.54, 1.807) is 0 Å². The number of rotatable bonds is 52. The van der Waals surface area contributed by atoms with Gasteiger partial charge in [0.2, 0.25) is 166 Å². The molecule has 0 spiro atoms. The van der Waals surface area contributed by atoms with E-state index in [1.807, 2.05) is 0 Å². The minimum Gasteiger partial charge on any atom is -0.726 e. The molecule has 0 aromatic rings. The summed E-state index contributed by atoms with van der Waals surface area (Å²) in [6.45, 7) is -14.5. The van der Waals surface area contributed by atoms with Gasteiger partial charge in [0.1, 0.15) is 73.2 Å². The van der Waals surface area contributed by atoms with Crippen LogP contribution in [0.25, 0.3) is 0 Å². The van der Waals surface area contributed by atoms with Crippen LogP contribution in [-0.4, -0.2) is 842 Å². The molecule has 2 aliphatic rings. The first-order chi connectivity index (χ1) is 50.8. The van der Waals surface area contributed by atoms with Gasteiger partial charge in [-0.25, -0.2) is 135 Å². The first kappa shape index (κ1) is 177. The molecule has 2 saturated heterocycles. The van der Waals surface area contributed by atoms with E-state index in [0.717, 1.165) is 10.6 Å². The summed E-state index contributed by atoms with van der Waals surface area (Å²) in [4.78, 5) is 28.1. The van der Waals surface area contributed by atoms with Crippen molar-refractivity contribution in [3.8, 4) is 0 Å². The third-order valence-corrected chi connectivity index (χ3v) is 18.7. The first-order valence-electron chi connectivity index (χ1n) is 26.0. The summed E-state index contributed by atoms with van der Waals surface area (Å²) in [7, 11) is -111. The molecule has 2 N–H and O–H groups in total. The normalized spacial score (nSPS) is 21.3. The van der Waals surface area contributed by atoms with Crippen molar-refractivity contribution in [2.75, 3.05) is 39.5 Å². The molecule has 2 fully saturated rings. The van der Waals surface area contributed by atoms with Gasteiger partial charge in [-0.2, -0.15) is 0 Å². The molecule has 0 saturated carbocycles. The van der Waals surface area contributed by atoms with Gasteiger partial charge in [-0.3, -0.25) is 76.5 Å². The number of nitrogens with one attached hydrogen (secondary N) is 2.